The van der Waals surface area contributed by atoms with Crippen LogP contribution in [0.2, 0.25) is 0 Å². The zero-order chi connectivity index (χ0) is 15.8. The van der Waals surface area contributed by atoms with Crippen LogP contribution in [0, 0.1) is 0 Å². The number of benzene rings is 1. The van der Waals surface area contributed by atoms with Crippen molar-refractivity contribution >= 4 is 16.9 Å². The minimum atomic E-state index is -0.103. The Morgan fingerprint density at radius 1 is 1.39 bits per heavy atom. The number of fused-ring (bicyclic) bond motifs is 1. The second kappa shape index (κ2) is 5.46. The lowest BCUT2D eigenvalue weighted by molar-refractivity contribution is 0.0761. The minimum Gasteiger partial charge on any atom is -0.493 e. The third-order valence-electron chi connectivity index (χ3n) is 4.29. The number of carbonyl (C=O) groups is 1. The van der Waals surface area contributed by atoms with Crippen molar-refractivity contribution in [3.05, 3.63) is 48.0 Å². The van der Waals surface area contributed by atoms with E-state index in [2.05, 4.69) is 5.16 Å². The van der Waals surface area contributed by atoms with E-state index in [1.807, 2.05) is 24.3 Å². The van der Waals surface area contributed by atoms with E-state index in [0.717, 1.165) is 17.5 Å². The molecule has 0 spiro atoms. The van der Waals surface area contributed by atoms with Gasteiger partial charge >= 0.3 is 0 Å². The maximum atomic E-state index is 12.7. The topological polar surface area (TPSA) is 68.7 Å². The fraction of sp³-hybridized carbons (Fsp3) is 0.294. The molecule has 1 aliphatic heterocycles. The van der Waals surface area contributed by atoms with Crippen molar-refractivity contribution in [2.75, 3.05) is 20.2 Å². The SMILES string of the molecule is COc1cccc2cc(C(=O)N3CCC(c4ccon4)C3)oc12. The van der Waals surface area contributed by atoms with E-state index in [9.17, 15) is 4.79 Å². The predicted octanol–water partition coefficient (Wildman–Crippen LogP) is 3.06. The average Bonchev–Trinajstić information content (AvgIpc) is 3.32. The Balaban J connectivity index is 1.58. The molecule has 1 fully saturated rings. The van der Waals surface area contributed by atoms with Crippen molar-refractivity contribution in [1.29, 1.82) is 0 Å². The molecular weight excluding hydrogens is 296 g/mol. The van der Waals surface area contributed by atoms with Crippen molar-refractivity contribution in [3.8, 4) is 5.75 Å². The highest BCUT2D eigenvalue weighted by atomic mass is 16.5. The van der Waals surface area contributed by atoms with Crippen LogP contribution in [-0.2, 0) is 0 Å². The molecule has 6 heteroatoms. The van der Waals surface area contributed by atoms with Gasteiger partial charge in [-0.15, -0.1) is 0 Å². The molecule has 1 saturated heterocycles. The molecule has 6 nitrogen and oxygen atoms in total. The summed E-state index contributed by atoms with van der Waals surface area (Å²) in [5, 5.41) is 4.83. The number of hydrogen-bond acceptors (Lipinski definition) is 5. The minimum absolute atomic E-state index is 0.103. The second-order valence-electron chi connectivity index (χ2n) is 5.65. The van der Waals surface area contributed by atoms with E-state index >= 15 is 0 Å². The molecule has 1 atom stereocenters. The summed E-state index contributed by atoms with van der Waals surface area (Å²) in [4.78, 5) is 14.5. The largest absolute Gasteiger partial charge is 0.493 e. The van der Waals surface area contributed by atoms with E-state index < -0.39 is 0 Å². The summed E-state index contributed by atoms with van der Waals surface area (Å²) >= 11 is 0. The van der Waals surface area contributed by atoms with Gasteiger partial charge in [-0.05, 0) is 18.6 Å². The summed E-state index contributed by atoms with van der Waals surface area (Å²) in [6.45, 7) is 1.31. The molecule has 0 aliphatic carbocycles. The fourth-order valence-corrected chi connectivity index (χ4v) is 3.08. The van der Waals surface area contributed by atoms with Crippen molar-refractivity contribution < 1.29 is 18.5 Å². The van der Waals surface area contributed by atoms with Gasteiger partial charge in [0.25, 0.3) is 5.91 Å². The van der Waals surface area contributed by atoms with Crippen LogP contribution in [0.3, 0.4) is 0 Å². The number of nitrogens with zero attached hydrogens (tertiary/aromatic N) is 2. The number of likely N-dealkylation sites (tertiary alicyclic amines) is 1. The number of rotatable bonds is 3. The summed E-state index contributed by atoms with van der Waals surface area (Å²) in [5.41, 5.74) is 1.50. The van der Waals surface area contributed by atoms with E-state index in [4.69, 9.17) is 13.7 Å². The highest BCUT2D eigenvalue weighted by Gasteiger charge is 2.31. The summed E-state index contributed by atoms with van der Waals surface area (Å²) < 4.78 is 15.9. The van der Waals surface area contributed by atoms with Gasteiger partial charge in [0.2, 0.25) is 0 Å². The van der Waals surface area contributed by atoms with Gasteiger partial charge in [0.05, 0.1) is 12.8 Å². The van der Waals surface area contributed by atoms with Crippen LogP contribution < -0.4 is 4.74 Å². The van der Waals surface area contributed by atoms with Crippen LogP contribution in [0.4, 0.5) is 0 Å². The monoisotopic (exact) mass is 312 g/mol. The highest BCUT2D eigenvalue weighted by molar-refractivity contribution is 5.97. The number of ether oxygens (including phenoxy) is 1. The third-order valence-corrected chi connectivity index (χ3v) is 4.29. The molecule has 2 aromatic heterocycles. The van der Waals surface area contributed by atoms with Gasteiger partial charge in [0, 0.05) is 30.5 Å². The van der Waals surface area contributed by atoms with Crippen LogP contribution in [0.1, 0.15) is 28.6 Å². The van der Waals surface area contributed by atoms with Crippen molar-refractivity contribution in [2.24, 2.45) is 0 Å². The molecule has 4 rings (SSSR count). The Morgan fingerprint density at radius 2 is 2.30 bits per heavy atom. The first kappa shape index (κ1) is 13.9. The molecule has 0 saturated carbocycles. The maximum absolute atomic E-state index is 12.7. The number of methoxy groups -OCH3 is 1. The summed E-state index contributed by atoms with van der Waals surface area (Å²) in [6.07, 6.45) is 2.44. The van der Waals surface area contributed by atoms with E-state index in [-0.39, 0.29) is 11.8 Å². The molecule has 1 aromatic carbocycles. The summed E-state index contributed by atoms with van der Waals surface area (Å²) in [6, 6.07) is 9.21. The smallest absolute Gasteiger partial charge is 0.289 e. The van der Waals surface area contributed by atoms with Gasteiger partial charge in [-0.2, -0.15) is 0 Å². The van der Waals surface area contributed by atoms with Crippen molar-refractivity contribution in [2.45, 2.75) is 12.3 Å². The Hall–Kier alpha value is -2.76. The zero-order valence-electron chi connectivity index (χ0n) is 12.7. The summed E-state index contributed by atoms with van der Waals surface area (Å²) in [5.74, 6) is 1.08. The Morgan fingerprint density at radius 3 is 3.09 bits per heavy atom. The molecule has 3 aromatic rings. The Bertz CT molecular complexity index is 838. The number of furan rings is 1. The molecule has 0 N–H and O–H groups in total. The molecule has 1 unspecified atom stereocenters. The van der Waals surface area contributed by atoms with E-state index in [1.165, 1.54) is 0 Å². The molecule has 0 bridgehead atoms. The van der Waals surface area contributed by atoms with Crippen LogP contribution in [0.15, 0.2) is 45.5 Å². The molecule has 0 radical (unpaired) electrons. The standard InChI is InChI=1S/C17H16N2O4/c1-21-14-4-2-3-11-9-15(23-16(11)14)17(20)19-7-5-12(10-19)13-6-8-22-18-13/h2-4,6,8-9,12H,5,7,10H2,1H3. The van der Waals surface area contributed by atoms with E-state index in [0.29, 0.717) is 30.2 Å². The maximum Gasteiger partial charge on any atom is 0.289 e. The first-order valence-electron chi connectivity index (χ1n) is 7.52. The van der Waals surface area contributed by atoms with Gasteiger partial charge in [-0.25, -0.2) is 0 Å². The van der Waals surface area contributed by atoms with Gasteiger partial charge < -0.3 is 18.6 Å². The Kier molecular flexibility index (Phi) is 3.29. The Labute approximate surface area is 132 Å². The van der Waals surface area contributed by atoms with Crippen LogP contribution in [0.25, 0.3) is 11.0 Å². The molecule has 1 aliphatic rings. The zero-order valence-corrected chi connectivity index (χ0v) is 12.7. The normalized spacial score (nSPS) is 17.8. The predicted molar refractivity (Wildman–Crippen MR) is 82.5 cm³/mol. The highest BCUT2D eigenvalue weighted by Crippen LogP contribution is 2.31. The molecule has 3 heterocycles. The third kappa shape index (κ3) is 2.36. The number of carbonyl (C=O) groups excluding carboxylic acids is 1. The molecule has 118 valence electrons. The number of para-hydroxylation sites is 1. The fourth-order valence-electron chi connectivity index (χ4n) is 3.08. The van der Waals surface area contributed by atoms with Crippen LogP contribution >= 0.6 is 0 Å². The molecule has 23 heavy (non-hydrogen) atoms. The van der Waals surface area contributed by atoms with E-state index in [1.54, 1.807) is 24.3 Å². The van der Waals surface area contributed by atoms with Crippen molar-refractivity contribution in [1.82, 2.24) is 10.1 Å². The van der Waals surface area contributed by atoms with Gasteiger partial charge in [0.15, 0.2) is 17.1 Å². The lowest BCUT2D eigenvalue weighted by atomic mass is 10.1. The second-order valence-corrected chi connectivity index (χ2v) is 5.65. The van der Waals surface area contributed by atoms with Gasteiger partial charge in [0.1, 0.15) is 6.26 Å². The first-order valence-corrected chi connectivity index (χ1v) is 7.52. The lowest BCUT2D eigenvalue weighted by Crippen LogP contribution is -2.28. The lowest BCUT2D eigenvalue weighted by Gasteiger charge is -2.14. The van der Waals surface area contributed by atoms with Gasteiger partial charge in [-0.3, -0.25) is 4.79 Å². The average molecular weight is 312 g/mol. The van der Waals surface area contributed by atoms with Crippen LogP contribution in [0.5, 0.6) is 5.75 Å². The number of hydrogen-bond donors (Lipinski definition) is 0. The first-order chi connectivity index (χ1) is 11.3. The quantitative estimate of drug-likeness (QED) is 0.743. The number of amides is 1. The molecular formula is C17H16N2O4. The van der Waals surface area contributed by atoms with Crippen LogP contribution in [-0.4, -0.2) is 36.2 Å². The number of aromatic nitrogens is 1. The summed E-state index contributed by atoms with van der Waals surface area (Å²) in [7, 11) is 1.59. The van der Waals surface area contributed by atoms with Crippen molar-refractivity contribution in [3.63, 3.8) is 0 Å². The molecule has 1 amide bonds. The van der Waals surface area contributed by atoms with Gasteiger partial charge in [-0.1, -0.05) is 17.3 Å².